The zero-order valence-electron chi connectivity index (χ0n) is 15.5. The minimum Gasteiger partial charge on any atom is -0.394 e. The van der Waals surface area contributed by atoms with Gasteiger partial charge >= 0.3 is 0 Å². The van der Waals surface area contributed by atoms with Gasteiger partial charge in [-0.1, -0.05) is 0 Å². The second kappa shape index (κ2) is 9.44. The van der Waals surface area contributed by atoms with Crippen molar-refractivity contribution in [2.24, 2.45) is 0 Å². The third-order valence-corrected chi connectivity index (χ3v) is 4.96. The lowest BCUT2D eigenvalue weighted by atomic mass is 10.1. The first-order valence-corrected chi connectivity index (χ1v) is 9.44. The van der Waals surface area contributed by atoms with Gasteiger partial charge in [0.15, 0.2) is 0 Å². The monoisotopic (exact) mass is 416 g/mol. The number of nitrogens with zero attached hydrogens (tertiary/aromatic N) is 3. The number of halogens is 2. The van der Waals surface area contributed by atoms with E-state index in [1.54, 1.807) is 35.0 Å². The summed E-state index contributed by atoms with van der Waals surface area (Å²) in [6.45, 7) is 1.44. The summed E-state index contributed by atoms with van der Waals surface area (Å²) in [6.07, 6.45) is 4.81. The summed E-state index contributed by atoms with van der Waals surface area (Å²) in [7, 11) is 0. The SMILES string of the molecule is CC(=O)Nc1cc(-c2cncc(N(CCO)Sc3ccc(F)cc3F)c2)ccn1. The van der Waals surface area contributed by atoms with Crippen LogP contribution in [-0.2, 0) is 4.79 Å². The summed E-state index contributed by atoms with van der Waals surface area (Å²) >= 11 is 1.04. The van der Waals surface area contributed by atoms with E-state index in [-0.39, 0.29) is 24.0 Å². The zero-order valence-corrected chi connectivity index (χ0v) is 16.3. The number of benzene rings is 1. The Kier molecular flexibility index (Phi) is 6.73. The summed E-state index contributed by atoms with van der Waals surface area (Å²) < 4.78 is 28.9. The van der Waals surface area contributed by atoms with Crippen molar-refractivity contribution in [2.45, 2.75) is 11.8 Å². The molecule has 3 rings (SSSR count). The van der Waals surface area contributed by atoms with Crippen molar-refractivity contribution >= 4 is 29.4 Å². The molecule has 29 heavy (non-hydrogen) atoms. The highest BCUT2D eigenvalue weighted by Gasteiger charge is 2.14. The average Bonchev–Trinajstić information content (AvgIpc) is 2.69. The van der Waals surface area contributed by atoms with E-state index in [1.165, 1.54) is 19.1 Å². The van der Waals surface area contributed by atoms with E-state index >= 15 is 0 Å². The lowest BCUT2D eigenvalue weighted by Crippen LogP contribution is -2.19. The highest BCUT2D eigenvalue weighted by Crippen LogP contribution is 2.32. The number of carbonyl (C=O) groups excluding carboxylic acids is 1. The van der Waals surface area contributed by atoms with E-state index in [0.717, 1.165) is 29.1 Å². The first kappa shape index (κ1) is 20.7. The fraction of sp³-hybridized carbons (Fsp3) is 0.150. The Hall–Kier alpha value is -3.04. The van der Waals surface area contributed by atoms with Gasteiger partial charge in [-0.25, -0.2) is 13.8 Å². The predicted molar refractivity (Wildman–Crippen MR) is 108 cm³/mol. The molecule has 0 atom stereocenters. The van der Waals surface area contributed by atoms with Crippen LogP contribution in [-0.4, -0.2) is 34.1 Å². The minimum absolute atomic E-state index is 0.165. The number of amides is 1. The molecule has 0 bridgehead atoms. The molecule has 150 valence electrons. The number of rotatable bonds is 7. The third-order valence-electron chi connectivity index (χ3n) is 3.81. The van der Waals surface area contributed by atoms with E-state index in [9.17, 15) is 18.7 Å². The molecule has 0 spiro atoms. The maximum absolute atomic E-state index is 14.1. The number of aromatic nitrogens is 2. The van der Waals surface area contributed by atoms with Crippen molar-refractivity contribution in [3.63, 3.8) is 0 Å². The standard InChI is InChI=1S/C20H18F2N4O2S/c1-13(28)25-20-9-14(4-5-24-20)15-8-17(12-23-11-15)26(6-7-27)29-19-3-2-16(21)10-18(19)22/h2-5,8-12,27H,6-7H2,1H3,(H,24,25,28). The van der Waals surface area contributed by atoms with Gasteiger partial charge in [-0.05, 0) is 47.8 Å². The molecule has 1 amide bonds. The van der Waals surface area contributed by atoms with Crippen LogP contribution in [0.25, 0.3) is 11.1 Å². The maximum Gasteiger partial charge on any atom is 0.222 e. The summed E-state index contributed by atoms with van der Waals surface area (Å²) in [4.78, 5) is 19.8. The van der Waals surface area contributed by atoms with E-state index in [4.69, 9.17) is 0 Å². The van der Waals surface area contributed by atoms with Crippen LogP contribution < -0.4 is 9.62 Å². The van der Waals surface area contributed by atoms with Crippen LogP contribution in [0.4, 0.5) is 20.3 Å². The molecule has 0 aliphatic carbocycles. The first-order valence-electron chi connectivity index (χ1n) is 8.67. The number of pyridine rings is 2. The fourth-order valence-corrected chi connectivity index (χ4v) is 3.46. The highest BCUT2D eigenvalue weighted by atomic mass is 32.2. The number of aliphatic hydroxyl groups excluding tert-OH is 1. The van der Waals surface area contributed by atoms with E-state index < -0.39 is 11.6 Å². The second-order valence-electron chi connectivity index (χ2n) is 6.03. The molecular weight excluding hydrogens is 398 g/mol. The number of carbonyl (C=O) groups is 1. The molecule has 3 aromatic rings. The van der Waals surface area contributed by atoms with Crippen molar-refractivity contribution in [3.8, 4) is 11.1 Å². The van der Waals surface area contributed by atoms with Gasteiger partial charge in [0, 0.05) is 30.9 Å². The van der Waals surface area contributed by atoms with Crippen LogP contribution in [0.3, 0.4) is 0 Å². The number of nitrogens with one attached hydrogen (secondary N) is 1. The van der Waals surface area contributed by atoms with Gasteiger partial charge in [0.05, 0.1) is 29.9 Å². The Balaban J connectivity index is 1.90. The van der Waals surface area contributed by atoms with Gasteiger partial charge in [-0.3, -0.25) is 9.78 Å². The Morgan fingerprint density at radius 3 is 2.72 bits per heavy atom. The Morgan fingerprint density at radius 1 is 1.17 bits per heavy atom. The molecule has 0 saturated carbocycles. The number of anilines is 2. The highest BCUT2D eigenvalue weighted by molar-refractivity contribution is 8.00. The molecule has 0 aliphatic rings. The Bertz CT molecular complexity index is 1020. The number of aliphatic hydroxyl groups is 1. The fourth-order valence-electron chi connectivity index (χ4n) is 2.57. The summed E-state index contributed by atoms with van der Waals surface area (Å²) in [5, 5.41) is 12.0. The van der Waals surface area contributed by atoms with Crippen molar-refractivity contribution in [3.05, 3.63) is 66.6 Å². The van der Waals surface area contributed by atoms with Crippen LogP contribution >= 0.6 is 11.9 Å². The van der Waals surface area contributed by atoms with E-state index in [2.05, 4.69) is 15.3 Å². The Morgan fingerprint density at radius 2 is 2.00 bits per heavy atom. The Labute approximate surface area is 170 Å². The molecule has 6 nitrogen and oxygen atoms in total. The lowest BCUT2D eigenvalue weighted by Gasteiger charge is -2.23. The minimum atomic E-state index is -0.684. The molecule has 2 aromatic heterocycles. The molecule has 9 heteroatoms. The van der Waals surface area contributed by atoms with Gasteiger partial charge in [-0.2, -0.15) is 0 Å². The van der Waals surface area contributed by atoms with Gasteiger partial charge < -0.3 is 14.7 Å². The van der Waals surface area contributed by atoms with Gasteiger partial charge in [0.25, 0.3) is 0 Å². The number of hydrogen-bond donors (Lipinski definition) is 2. The first-order chi connectivity index (χ1) is 14.0. The molecule has 1 aromatic carbocycles. The molecule has 0 radical (unpaired) electrons. The van der Waals surface area contributed by atoms with Crippen LogP contribution in [0.15, 0.2) is 59.9 Å². The molecule has 0 aliphatic heterocycles. The molecule has 2 N–H and O–H groups in total. The zero-order chi connectivity index (χ0) is 20.8. The molecular formula is C20H18F2N4O2S. The van der Waals surface area contributed by atoms with Crippen LogP contribution in [0.1, 0.15) is 6.92 Å². The molecule has 2 heterocycles. The van der Waals surface area contributed by atoms with E-state index in [0.29, 0.717) is 11.5 Å². The molecule has 0 fully saturated rings. The van der Waals surface area contributed by atoms with Crippen molar-refractivity contribution < 1.29 is 18.7 Å². The quantitative estimate of drug-likeness (QED) is 0.569. The maximum atomic E-state index is 14.1. The van der Waals surface area contributed by atoms with E-state index in [1.807, 2.05) is 6.07 Å². The van der Waals surface area contributed by atoms with Crippen molar-refractivity contribution in [1.29, 1.82) is 0 Å². The summed E-state index contributed by atoms with van der Waals surface area (Å²) in [6, 6.07) is 8.65. The van der Waals surface area contributed by atoms with Crippen LogP contribution in [0.2, 0.25) is 0 Å². The molecule has 0 saturated heterocycles. The van der Waals surface area contributed by atoms with Crippen molar-refractivity contribution in [2.75, 3.05) is 22.8 Å². The smallest absolute Gasteiger partial charge is 0.222 e. The van der Waals surface area contributed by atoms with Gasteiger partial charge in [0.2, 0.25) is 5.91 Å². The lowest BCUT2D eigenvalue weighted by molar-refractivity contribution is -0.114. The molecule has 0 unspecified atom stereocenters. The average molecular weight is 416 g/mol. The topological polar surface area (TPSA) is 78.4 Å². The van der Waals surface area contributed by atoms with Gasteiger partial charge in [-0.15, -0.1) is 0 Å². The number of hydrogen-bond acceptors (Lipinski definition) is 6. The third kappa shape index (κ3) is 5.49. The normalized spacial score (nSPS) is 10.6. The predicted octanol–water partition coefficient (Wildman–Crippen LogP) is 3.89. The van der Waals surface area contributed by atoms with Crippen molar-refractivity contribution in [1.82, 2.24) is 9.97 Å². The summed E-state index contributed by atoms with van der Waals surface area (Å²) in [5.74, 6) is -1.16. The summed E-state index contributed by atoms with van der Waals surface area (Å²) in [5.41, 5.74) is 2.16. The second-order valence-corrected chi connectivity index (χ2v) is 7.10. The largest absolute Gasteiger partial charge is 0.394 e. The van der Waals surface area contributed by atoms with Crippen LogP contribution in [0.5, 0.6) is 0 Å². The van der Waals surface area contributed by atoms with Crippen LogP contribution in [0, 0.1) is 11.6 Å². The van der Waals surface area contributed by atoms with Gasteiger partial charge in [0.1, 0.15) is 17.5 Å².